The molecule has 6 heteroatoms. The summed E-state index contributed by atoms with van der Waals surface area (Å²) in [5.74, 6) is -0.729. The molecule has 0 amide bonds. The molecule has 2 rings (SSSR count). The van der Waals surface area contributed by atoms with Crippen molar-refractivity contribution in [1.82, 2.24) is 9.55 Å². The van der Waals surface area contributed by atoms with Crippen LogP contribution >= 0.6 is 0 Å². The van der Waals surface area contributed by atoms with Gasteiger partial charge in [-0.05, 0) is 12.1 Å². The molecule has 0 saturated carbocycles. The predicted molar refractivity (Wildman–Crippen MR) is 66.8 cm³/mol. The molecule has 0 spiro atoms. The molecule has 0 fully saturated rings. The van der Waals surface area contributed by atoms with E-state index in [0.29, 0.717) is 11.3 Å². The number of carboxylic acid groups (broad SMARTS) is 1. The van der Waals surface area contributed by atoms with Gasteiger partial charge in [0.05, 0.1) is 23.1 Å². The molecule has 1 N–H and O–H groups in total. The van der Waals surface area contributed by atoms with E-state index in [1.54, 1.807) is 12.1 Å². The molecule has 0 aliphatic carbocycles. The maximum absolute atomic E-state index is 12.7. The van der Waals surface area contributed by atoms with E-state index >= 15 is 0 Å². The number of aromatic carboxylic acids is 1. The third-order valence-electron chi connectivity index (χ3n) is 2.86. The smallest absolute Gasteiger partial charge is 0.337 e. The molecule has 1 aromatic carbocycles. The van der Waals surface area contributed by atoms with Crippen molar-refractivity contribution in [2.45, 2.75) is 32.7 Å². The van der Waals surface area contributed by atoms with Crippen molar-refractivity contribution in [2.75, 3.05) is 0 Å². The lowest BCUT2D eigenvalue weighted by molar-refractivity contribution is 0.0697. The van der Waals surface area contributed by atoms with Crippen molar-refractivity contribution < 1.29 is 18.7 Å². The highest BCUT2D eigenvalue weighted by Crippen LogP contribution is 2.25. The second-order valence-electron chi connectivity index (χ2n) is 4.60. The van der Waals surface area contributed by atoms with Crippen LogP contribution in [0, 0.1) is 0 Å². The zero-order chi connectivity index (χ0) is 14.2. The summed E-state index contributed by atoms with van der Waals surface area (Å²) in [6, 6.07) is 4.60. The molecule has 0 radical (unpaired) electrons. The zero-order valence-electron chi connectivity index (χ0n) is 10.6. The van der Waals surface area contributed by atoms with E-state index in [1.165, 1.54) is 10.6 Å². The Morgan fingerprint density at radius 2 is 2.11 bits per heavy atom. The Kier molecular flexibility index (Phi) is 3.50. The van der Waals surface area contributed by atoms with Crippen LogP contribution < -0.4 is 0 Å². The van der Waals surface area contributed by atoms with Gasteiger partial charge in [0.1, 0.15) is 5.82 Å². The number of carboxylic acids is 1. The van der Waals surface area contributed by atoms with E-state index in [2.05, 4.69) is 4.98 Å². The van der Waals surface area contributed by atoms with Crippen molar-refractivity contribution in [3.8, 4) is 0 Å². The highest BCUT2D eigenvalue weighted by Gasteiger charge is 2.21. The minimum absolute atomic E-state index is 0.00227. The number of nitrogens with zero attached hydrogens (tertiary/aromatic N) is 2. The summed E-state index contributed by atoms with van der Waals surface area (Å²) < 4.78 is 26.7. The van der Waals surface area contributed by atoms with Crippen LogP contribution in [0.2, 0.25) is 0 Å². The number of benzene rings is 1. The molecule has 0 atom stereocenters. The van der Waals surface area contributed by atoms with Crippen LogP contribution in [0.3, 0.4) is 0 Å². The average molecular weight is 268 g/mol. The molecule has 102 valence electrons. The second-order valence-corrected chi connectivity index (χ2v) is 4.60. The van der Waals surface area contributed by atoms with Gasteiger partial charge in [-0.1, -0.05) is 19.9 Å². The van der Waals surface area contributed by atoms with Crippen molar-refractivity contribution in [1.29, 1.82) is 0 Å². The lowest BCUT2D eigenvalue weighted by Crippen LogP contribution is -2.13. The van der Waals surface area contributed by atoms with E-state index in [-0.39, 0.29) is 17.0 Å². The van der Waals surface area contributed by atoms with E-state index in [1.807, 2.05) is 13.8 Å². The normalized spacial score (nSPS) is 11.7. The number of imidazole rings is 1. The quantitative estimate of drug-likeness (QED) is 0.926. The Bertz CT molecular complexity index is 620. The van der Waals surface area contributed by atoms with E-state index in [9.17, 15) is 13.6 Å². The number of fused-ring (bicyclic) bond motifs is 1. The highest BCUT2D eigenvalue weighted by molar-refractivity contribution is 6.01. The third-order valence-corrected chi connectivity index (χ3v) is 2.86. The molecule has 0 aliphatic rings. The van der Waals surface area contributed by atoms with Gasteiger partial charge in [0, 0.05) is 5.92 Å². The van der Waals surface area contributed by atoms with Crippen LogP contribution in [0.25, 0.3) is 11.0 Å². The lowest BCUT2D eigenvalue weighted by Gasteiger charge is -2.11. The second kappa shape index (κ2) is 4.95. The molecular formula is C13H14F2N2O2. The summed E-state index contributed by atoms with van der Waals surface area (Å²) >= 11 is 0. The maximum atomic E-state index is 12.7. The molecule has 0 saturated heterocycles. The van der Waals surface area contributed by atoms with Gasteiger partial charge < -0.3 is 9.67 Å². The Balaban J connectivity index is 2.77. The molecule has 0 unspecified atom stereocenters. The van der Waals surface area contributed by atoms with Crippen LogP contribution in [0.5, 0.6) is 0 Å². The molecule has 19 heavy (non-hydrogen) atoms. The lowest BCUT2D eigenvalue weighted by atomic mass is 10.2. The number of halogens is 2. The standard InChI is InChI=1S/C13H14F2N2O2/c1-7(2)12-16-9-5-3-4-8(13(18)19)11(9)17(12)6-10(14)15/h3-5,7,10H,6H2,1-2H3,(H,18,19). The fourth-order valence-corrected chi connectivity index (χ4v) is 2.14. The largest absolute Gasteiger partial charge is 0.478 e. The van der Waals surface area contributed by atoms with Gasteiger partial charge in [0.2, 0.25) is 0 Å². The van der Waals surface area contributed by atoms with Crippen molar-refractivity contribution in [3.63, 3.8) is 0 Å². The first-order valence-corrected chi connectivity index (χ1v) is 5.92. The topological polar surface area (TPSA) is 55.1 Å². The molecule has 1 aromatic heterocycles. The van der Waals surface area contributed by atoms with Gasteiger partial charge in [-0.15, -0.1) is 0 Å². The minimum Gasteiger partial charge on any atom is -0.478 e. The van der Waals surface area contributed by atoms with Crippen LogP contribution in [-0.4, -0.2) is 27.1 Å². The number of aromatic nitrogens is 2. The van der Waals surface area contributed by atoms with Gasteiger partial charge in [-0.2, -0.15) is 0 Å². The number of alkyl halides is 2. The summed E-state index contributed by atoms with van der Waals surface area (Å²) in [6.07, 6.45) is -2.56. The Morgan fingerprint density at radius 3 is 2.63 bits per heavy atom. The molecule has 4 nitrogen and oxygen atoms in total. The molecule has 0 bridgehead atoms. The molecule has 1 heterocycles. The van der Waals surface area contributed by atoms with Crippen LogP contribution in [0.15, 0.2) is 18.2 Å². The number of hydrogen-bond donors (Lipinski definition) is 1. The van der Waals surface area contributed by atoms with Crippen molar-refractivity contribution >= 4 is 17.0 Å². The third kappa shape index (κ3) is 2.43. The van der Waals surface area contributed by atoms with Gasteiger partial charge in [0.25, 0.3) is 6.43 Å². The van der Waals surface area contributed by atoms with E-state index in [0.717, 1.165) is 0 Å². The summed E-state index contributed by atoms with van der Waals surface area (Å²) in [7, 11) is 0. The van der Waals surface area contributed by atoms with Crippen LogP contribution in [0.1, 0.15) is 35.9 Å². The van der Waals surface area contributed by atoms with Gasteiger partial charge in [-0.25, -0.2) is 18.6 Å². The molecular weight excluding hydrogens is 254 g/mol. The summed E-state index contributed by atoms with van der Waals surface area (Å²) in [4.78, 5) is 15.5. The van der Waals surface area contributed by atoms with Gasteiger partial charge >= 0.3 is 5.97 Å². The Morgan fingerprint density at radius 1 is 1.42 bits per heavy atom. The fourth-order valence-electron chi connectivity index (χ4n) is 2.14. The zero-order valence-corrected chi connectivity index (χ0v) is 10.6. The van der Waals surface area contributed by atoms with E-state index in [4.69, 9.17) is 5.11 Å². The number of carbonyl (C=O) groups is 1. The Hall–Kier alpha value is -1.98. The monoisotopic (exact) mass is 268 g/mol. The van der Waals surface area contributed by atoms with Crippen LogP contribution in [0.4, 0.5) is 8.78 Å². The summed E-state index contributed by atoms with van der Waals surface area (Å²) in [5.41, 5.74) is 0.695. The predicted octanol–water partition coefficient (Wildman–Crippen LogP) is 3.12. The SMILES string of the molecule is CC(C)c1nc2cccc(C(=O)O)c2n1CC(F)F. The van der Waals surface area contributed by atoms with Gasteiger partial charge in [-0.3, -0.25) is 0 Å². The molecule has 0 aliphatic heterocycles. The van der Waals surface area contributed by atoms with E-state index < -0.39 is 18.9 Å². The van der Waals surface area contributed by atoms with Gasteiger partial charge in [0.15, 0.2) is 0 Å². The first kappa shape index (κ1) is 13.5. The summed E-state index contributed by atoms with van der Waals surface area (Å²) in [6.45, 7) is 3.13. The maximum Gasteiger partial charge on any atom is 0.337 e. The van der Waals surface area contributed by atoms with Crippen LogP contribution in [-0.2, 0) is 6.54 Å². The number of hydrogen-bond acceptors (Lipinski definition) is 2. The first-order chi connectivity index (χ1) is 8.91. The average Bonchev–Trinajstić information content (AvgIpc) is 2.67. The Labute approximate surface area is 108 Å². The number of rotatable bonds is 4. The first-order valence-electron chi connectivity index (χ1n) is 5.92. The highest BCUT2D eigenvalue weighted by atomic mass is 19.3. The van der Waals surface area contributed by atoms with Crippen molar-refractivity contribution in [2.24, 2.45) is 0 Å². The summed E-state index contributed by atoms with van der Waals surface area (Å²) in [5, 5.41) is 9.16. The fraction of sp³-hybridized carbons (Fsp3) is 0.385. The van der Waals surface area contributed by atoms with Crippen molar-refractivity contribution in [3.05, 3.63) is 29.6 Å². The molecule has 2 aromatic rings. The minimum atomic E-state index is -2.56. The number of para-hydroxylation sites is 1.